The number of nitrogens with zero attached hydrogens (tertiary/aromatic N) is 5. The minimum atomic E-state index is 0.00749. The summed E-state index contributed by atoms with van der Waals surface area (Å²) in [5.41, 5.74) is 2.78. The minimum absolute atomic E-state index is 0.00749. The summed E-state index contributed by atoms with van der Waals surface area (Å²) in [5, 5.41) is 8.29. The molecular weight excluding hydrogens is 368 g/mol. The maximum Gasteiger partial charge on any atom is 0.248 e. The number of amides is 1. The van der Waals surface area contributed by atoms with E-state index in [1.54, 1.807) is 31.4 Å². The van der Waals surface area contributed by atoms with Crippen LogP contribution in [0.2, 0.25) is 0 Å². The molecule has 0 aliphatic heterocycles. The SMILES string of the molecule is CN(C)C(=O)CO[C@H]1CC[C@H](Nc2ccc3ncc(-c4ccncc4)n3n2)CC1. The molecule has 1 aliphatic rings. The molecule has 1 N–H and O–H groups in total. The number of fused-ring (bicyclic) bond motifs is 1. The van der Waals surface area contributed by atoms with Crippen molar-refractivity contribution < 1.29 is 9.53 Å². The van der Waals surface area contributed by atoms with Crippen LogP contribution in [0.1, 0.15) is 25.7 Å². The van der Waals surface area contributed by atoms with Gasteiger partial charge in [0.15, 0.2) is 5.65 Å². The topological polar surface area (TPSA) is 84.6 Å². The summed E-state index contributed by atoms with van der Waals surface area (Å²) in [6.07, 6.45) is 9.37. The molecule has 1 fully saturated rings. The maximum atomic E-state index is 11.7. The van der Waals surface area contributed by atoms with Crippen molar-refractivity contribution in [3.05, 3.63) is 42.9 Å². The van der Waals surface area contributed by atoms with Gasteiger partial charge in [0.25, 0.3) is 0 Å². The number of nitrogens with one attached hydrogen (secondary N) is 1. The van der Waals surface area contributed by atoms with Gasteiger partial charge in [-0.15, -0.1) is 5.10 Å². The quantitative estimate of drug-likeness (QED) is 0.692. The highest BCUT2D eigenvalue weighted by Crippen LogP contribution is 2.25. The molecule has 1 amide bonds. The van der Waals surface area contributed by atoms with Gasteiger partial charge in [0.1, 0.15) is 12.4 Å². The number of likely N-dealkylation sites (N-methyl/N-ethyl adjacent to an activating group) is 1. The molecular formula is C21H26N6O2. The lowest BCUT2D eigenvalue weighted by Crippen LogP contribution is -2.33. The van der Waals surface area contributed by atoms with Crippen molar-refractivity contribution in [2.45, 2.75) is 37.8 Å². The summed E-state index contributed by atoms with van der Waals surface area (Å²) in [4.78, 5) is 21.8. The van der Waals surface area contributed by atoms with Gasteiger partial charge in [-0.2, -0.15) is 0 Å². The Balaban J connectivity index is 1.37. The molecule has 8 heteroatoms. The predicted octanol–water partition coefficient (Wildman–Crippen LogP) is 2.62. The number of aromatic nitrogens is 4. The Morgan fingerprint density at radius 1 is 1.17 bits per heavy atom. The van der Waals surface area contributed by atoms with E-state index in [0.717, 1.165) is 48.4 Å². The van der Waals surface area contributed by atoms with Crippen molar-refractivity contribution in [3.8, 4) is 11.3 Å². The number of hydrogen-bond donors (Lipinski definition) is 1. The van der Waals surface area contributed by atoms with E-state index >= 15 is 0 Å². The van der Waals surface area contributed by atoms with Crippen LogP contribution >= 0.6 is 0 Å². The molecule has 0 aromatic carbocycles. The number of hydrogen-bond acceptors (Lipinski definition) is 6. The summed E-state index contributed by atoms with van der Waals surface area (Å²) in [7, 11) is 3.49. The third-order valence-electron chi connectivity index (χ3n) is 5.31. The average Bonchev–Trinajstić information content (AvgIpc) is 3.17. The monoisotopic (exact) mass is 394 g/mol. The number of imidazole rings is 1. The van der Waals surface area contributed by atoms with E-state index in [2.05, 4.69) is 15.3 Å². The number of carbonyl (C=O) groups excluding carboxylic acids is 1. The van der Waals surface area contributed by atoms with Crippen LogP contribution in [0.25, 0.3) is 16.9 Å². The minimum Gasteiger partial charge on any atom is -0.368 e. The van der Waals surface area contributed by atoms with E-state index in [-0.39, 0.29) is 18.6 Å². The van der Waals surface area contributed by atoms with Crippen molar-refractivity contribution in [2.75, 3.05) is 26.0 Å². The highest BCUT2D eigenvalue weighted by Gasteiger charge is 2.23. The molecule has 4 rings (SSSR count). The van der Waals surface area contributed by atoms with Crippen LogP contribution in [0.5, 0.6) is 0 Å². The number of carbonyl (C=O) groups is 1. The Labute approximate surface area is 169 Å². The van der Waals surface area contributed by atoms with E-state index in [4.69, 9.17) is 9.84 Å². The van der Waals surface area contributed by atoms with Gasteiger partial charge in [-0.25, -0.2) is 9.50 Å². The fourth-order valence-electron chi connectivity index (χ4n) is 3.57. The first-order valence-corrected chi connectivity index (χ1v) is 9.93. The third kappa shape index (κ3) is 4.54. The van der Waals surface area contributed by atoms with Crippen LogP contribution in [0.3, 0.4) is 0 Å². The molecule has 29 heavy (non-hydrogen) atoms. The van der Waals surface area contributed by atoms with E-state index in [1.807, 2.05) is 35.0 Å². The van der Waals surface area contributed by atoms with Gasteiger partial charge >= 0.3 is 0 Å². The number of anilines is 1. The van der Waals surface area contributed by atoms with Gasteiger partial charge in [-0.05, 0) is 49.9 Å². The molecule has 0 bridgehead atoms. The average molecular weight is 394 g/mol. The Bertz CT molecular complexity index is 964. The predicted molar refractivity (Wildman–Crippen MR) is 111 cm³/mol. The number of rotatable bonds is 6. The fraction of sp³-hybridized carbons (Fsp3) is 0.429. The Morgan fingerprint density at radius 2 is 1.93 bits per heavy atom. The van der Waals surface area contributed by atoms with E-state index in [0.29, 0.717) is 6.04 Å². The van der Waals surface area contributed by atoms with E-state index in [1.165, 1.54) is 0 Å². The van der Waals surface area contributed by atoms with Gasteiger partial charge < -0.3 is 15.0 Å². The standard InChI is InChI=1S/C21H26N6O2/c1-26(2)21(28)14-29-17-5-3-16(4-6-17)24-19-7-8-20-23-13-18(27(20)25-19)15-9-11-22-12-10-15/h7-13,16-17H,3-6,14H2,1-2H3,(H,24,25)/t16-,17-. The number of pyridine rings is 1. The summed E-state index contributed by atoms with van der Waals surface area (Å²) >= 11 is 0. The third-order valence-corrected chi connectivity index (χ3v) is 5.31. The molecule has 0 atom stereocenters. The molecule has 1 saturated carbocycles. The summed E-state index contributed by atoms with van der Waals surface area (Å²) in [6, 6.07) is 8.19. The Kier molecular flexibility index (Phi) is 5.71. The maximum absolute atomic E-state index is 11.7. The Hall–Kier alpha value is -3.00. The van der Waals surface area contributed by atoms with Gasteiger partial charge in [0, 0.05) is 38.1 Å². The first-order valence-electron chi connectivity index (χ1n) is 9.93. The van der Waals surface area contributed by atoms with Crippen LogP contribution in [0, 0.1) is 0 Å². The highest BCUT2D eigenvalue weighted by molar-refractivity contribution is 5.76. The lowest BCUT2D eigenvalue weighted by molar-refractivity contribution is -0.136. The van der Waals surface area contributed by atoms with E-state index in [9.17, 15) is 4.79 Å². The van der Waals surface area contributed by atoms with Crippen molar-refractivity contribution in [1.29, 1.82) is 0 Å². The second kappa shape index (κ2) is 8.57. The molecule has 0 radical (unpaired) electrons. The van der Waals surface area contributed by atoms with Crippen LogP contribution < -0.4 is 5.32 Å². The molecule has 8 nitrogen and oxygen atoms in total. The molecule has 0 saturated heterocycles. The molecule has 3 aromatic rings. The zero-order valence-electron chi connectivity index (χ0n) is 16.8. The van der Waals surface area contributed by atoms with Crippen LogP contribution in [0.4, 0.5) is 5.82 Å². The first-order chi connectivity index (χ1) is 14.1. The zero-order valence-corrected chi connectivity index (χ0v) is 16.8. The van der Waals surface area contributed by atoms with Gasteiger partial charge in [0.2, 0.25) is 5.91 Å². The van der Waals surface area contributed by atoms with Crippen LogP contribution in [-0.2, 0) is 9.53 Å². The normalized spacial score (nSPS) is 19.2. The van der Waals surface area contributed by atoms with Gasteiger partial charge in [-0.1, -0.05) is 0 Å². The molecule has 152 valence electrons. The smallest absolute Gasteiger partial charge is 0.248 e. The molecule has 3 heterocycles. The molecule has 1 aliphatic carbocycles. The first kappa shape index (κ1) is 19.3. The summed E-state index contributed by atoms with van der Waals surface area (Å²) in [6.45, 7) is 0.159. The number of ether oxygens (including phenoxy) is 1. The van der Waals surface area contributed by atoms with Gasteiger partial charge in [0.05, 0.1) is 18.0 Å². The second-order valence-electron chi connectivity index (χ2n) is 7.59. The van der Waals surface area contributed by atoms with Crippen LogP contribution in [0.15, 0.2) is 42.9 Å². The zero-order chi connectivity index (χ0) is 20.2. The molecule has 3 aromatic heterocycles. The molecule has 0 spiro atoms. The summed E-state index contributed by atoms with van der Waals surface area (Å²) < 4.78 is 7.62. The highest BCUT2D eigenvalue weighted by atomic mass is 16.5. The van der Waals surface area contributed by atoms with Crippen molar-refractivity contribution in [3.63, 3.8) is 0 Å². The largest absolute Gasteiger partial charge is 0.368 e. The fourth-order valence-corrected chi connectivity index (χ4v) is 3.57. The Morgan fingerprint density at radius 3 is 2.66 bits per heavy atom. The lowest BCUT2D eigenvalue weighted by Gasteiger charge is -2.29. The van der Waals surface area contributed by atoms with Crippen molar-refractivity contribution in [2.24, 2.45) is 0 Å². The van der Waals surface area contributed by atoms with E-state index < -0.39 is 0 Å². The van der Waals surface area contributed by atoms with Crippen LogP contribution in [-0.4, -0.2) is 63.2 Å². The molecule has 0 unspecified atom stereocenters. The van der Waals surface area contributed by atoms with Crippen molar-refractivity contribution >= 4 is 17.4 Å². The summed E-state index contributed by atoms with van der Waals surface area (Å²) in [5.74, 6) is 0.839. The van der Waals surface area contributed by atoms with Gasteiger partial charge in [-0.3, -0.25) is 9.78 Å². The van der Waals surface area contributed by atoms with Crippen molar-refractivity contribution in [1.82, 2.24) is 24.5 Å². The second-order valence-corrected chi connectivity index (χ2v) is 7.59. The lowest BCUT2D eigenvalue weighted by atomic mass is 9.93.